The number of hydrogen-bond acceptors (Lipinski definition) is 4. The van der Waals surface area contributed by atoms with E-state index in [-0.39, 0.29) is 5.91 Å². The fourth-order valence-corrected chi connectivity index (χ4v) is 1.56. The lowest BCUT2D eigenvalue weighted by molar-refractivity contribution is -0.121. The van der Waals surface area contributed by atoms with E-state index in [0.717, 1.165) is 37.3 Å². The molecule has 1 aromatic heterocycles. The Morgan fingerprint density at radius 2 is 2.18 bits per heavy atom. The van der Waals surface area contributed by atoms with Gasteiger partial charge in [-0.3, -0.25) is 9.78 Å². The highest BCUT2D eigenvalue weighted by Gasteiger charge is 2.22. The summed E-state index contributed by atoms with van der Waals surface area (Å²) in [7, 11) is 0. The predicted octanol–water partition coefficient (Wildman–Crippen LogP) is 1.26. The maximum Gasteiger partial charge on any atom is 0.220 e. The topological polar surface area (TPSA) is 66.9 Å². The molecule has 1 heterocycles. The van der Waals surface area contributed by atoms with Crippen LogP contribution in [0.5, 0.6) is 0 Å². The van der Waals surface area contributed by atoms with E-state index in [2.05, 4.69) is 20.6 Å². The molecule has 92 valence electrons. The van der Waals surface area contributed by atoms with Crippen LogP contribution in [-0.2, 0) is 4.79 Å². The van der Waals surface area contributed by atoms with Gasteiger partial charge >= 0.3 is 0 Å². The largest absolute Gasteiger partial charge is 0.369 e. The van der Waals surface area contributed by atoms with Crippen LogP contribution in [0, 0.1) is 6.92 Å². The first kappa shape index (κ1) is 11.8. The minimum absolute atomic E-state index is 0.158. The molecule has 1 aliphatic carbocycles. The quantitative estimate of drug-likeness (QED) is 0.727. The van der Waals surface area contributed by atoms with Gasteiger partial charge in [-0.2, -0.15) is 0 Å². The van der Waals surface area contributed by atoms with Crippen LogP contribution in [0.4, 0.5) is 5.82 Å². The fraction of sp³-hybridized carbons (Fsp3) is 0.583. The van der Waals surface area contributed by atoms with E-state index in [4.69, 9.17) is 0 Å². The Kier molecular flexibility index (Phi) is 3.90. The molecule has 1 amide bonds. The maximum absolute atomic E-state index is 11.4. The molecule has 1 aliphatic rings. The van der Waals surface area contributed by atoms with Crippen LogP contribution in [0.25, 0.3) is 0 Å². The van der Waals surface area contributed by atoms with Crippen molar-refractivity contribution in [2.24, 2.45) is 0 Å². The zero-order valence-corrected chi connectivity index (χ0v) is 10.1. The van der Waals surface area contributed by atoms with Crippen molar-refractivity contribution in [3.8, 4) is 0 Å². The number of nitrogens with zero attached hydrogens (tertiary/aromatic N) is 2. The fourth-order valence-electron chi connectivity index (χ4n) is 1.56. The Labute approximate surface area is 101 Å². The van der Waals surface area contributed by atoms with Crippen molar-refractivity contribution in [2.45, 2.75) is 38.6 Å². The van der Waals surface area contributed by atoms with E-state index in [1.54, 1.807) is 12.4 Å². The van der Waals surface area contributed by atoms with Gasteiger partial charge in [0.05, 0.1) is 5.69 Å². The molecule has 1 saturated carbocycles. The first-order valence-electron chi connectivity index (χ1n) is 6.06. The molecule has 0 aromatic carbocycles. The van der Waals surface area contributed by atoms with Gasteiger partial charge in [0, 0.05) is 31.4 Å². The first-order valence-corrected chi connectivity index (χ1v) is 6.06. The van der Waals surface area contributed by atoms with Gasteiger partial charge < -0.3 is 10.6 Å². The normalized spacial score (nSPS) is 14.4. The van der Waals surface area contributed by atoms with E-state index in [1.165, 1.54) is 0 Å². The van der Waals surface area contributed by atoms with Gasteiger partial charge in [-0.25, -0.2) is 4.98 Å². The summed E-state index contributed by atoms with van der Waals surface area (Å²) in [5, 5.41) is 6.15. The Morgan fingerprint density at radius 1 is 1.41 bits per heavy atom. The van der Waals surface area contributed by atoms with Crippen molar-refractivity contribution in [1.29, 1.82) is 0 Å². The Balaban J connectivity index is 1.62. The summed E-state index contributed by atoms with van der Waals surface area (Å²) in [5.74, 6) is 0.959. The minimum Gasteiger partial charge on any atom is -0.369 e. The molecule has 5 nitrogen and oxygen atoms in total. The van der Waals surface area contributed by atoms with Crippen LogP contribution in [0.15, 0.2) is 12.4 Å². The van der Waals surface area contributed by atoms with Crippen LogP contribution in [0.2, 0.25) is 0 Å². The molecule has 5 heteroatoms. The zero-order valence-electron chi connectivity index (χ0n) is 10.1. The molecule has 0 aliphatic heterocycles. The Bertz CT molecular complexity index is 390. The molecule has 17 heavy (non-hydrogen) atoms. The summed E-state index contributed by atoms with van der Waals surface area (Å²) in [4.78, 5) is 19.7. The molecule has 2 rings (SSSR count). The third kappa shape index (κ3) is 4.01. The van der Waals surface area contributed by atoms with Gasteiger partial charge in [-0.15, -0.1) is 0 Å². The predicted molar refractivity (Wildman–Crippen MR) is 65.7 cm³/mol. The summed E-state index contributed by atoms with van der Waals surface area (Å²) >= 11 is 0. The molecule has 0 spiro atoms. The standard InChI is InChI=1S/C12H18N4O/c1-9-12(15-8-7-13-9)14-6-2-3-11(17)16-10-4-5-10/h7-8,10H,2-6H2,1H3,(H,14,15)(H,16,17). The number of amides is 1. The second-order valence-electron chi connectivity index (χ2n) is 4.36. The lowest BCUT2D eigenvalue weighted by Gasteiger charge is -2.07. The summed E-state index contributed by atoms with van der Waals surface area (Å²) in [5.41, 5.74) is 0.884. The van der Waals surface area contributed by atoms with Crippen molar-refractivity contribution >= 4 is 11.7 Å². The second-order valence-corrected chi connectivity index (χ2v) is 4.36. The van der Waals surface area contributed by atoms with Crippen molar-refractivity contribution in [1.82, 2.24) is 15.3 Å². The van der Waals surface area contributed by atoms with Crippen molar-refractivity contribution in [3.63, 3.8) is 0 Å². The van der Waals surface area contributed by atoms with Crippen LogP contribution in [-0.4, -0.2) is 28.5 Å². The number of carbonyl (C=O) groups excluding carboxylic acids is 1. The van der Waals surface area contributed by atoms with E-state index in [0.29, 0.717) is 12.5 Å². The first-order chi connectivity index (χ1) is 8.25. The highest BCUT2D eigenvalue weighted by atomic mass is 16.1. The minimum atomic E-state index is 0.158. The molecule has 1 aromatic rings. The summed E-state index contributed by atoms with van der Waals surface area (Å²) < 4.78 is 0. The number of rotatable bonds is 6. The van der Waals surface area contributed by atoms with Crippen molar-refractivity contribution < 1.29 is 4.79 Å². The SMILES string of the molecule is Cc1nccnc1NCCCC(=O)NC1CC1. The zero-order chi connectivity index (χ0) is 12.1. The van der Waals surface area contributed by atoms with Crippen LogP contribution in [0.3, 0.4) is 0 Å². The van der Waals surface area contributed by atoms with Gasteiger partial charge in [-0.1, -0.05) is 0 Å². The Hall–Kier alpha value is -1.65. The highest BCUT2D eigenvalue weighted by Crippen LogP contribution is 2.18. The molecule has 1 fully saturated rings. The summed E-state index contributed by atoms with van der Waals surface area (Å²) in [6.45, 7) is 2.66. The maximum atomic E-state index is 11.4. The molecule has 0 unspecified atom stereocenters. The molecule has 2 N–H and O–H groups in total. The van der Waals surface area contributed by atoms with Gasteiger partial charge in [0.2, 0.25) is 5.91 Å². The molecule has 0 bridgehead atoms. The number of carbonyl (C=O) groups is 1. The lowest BCUT2D eigenvalue weighted by Crippen LogP contribution is -2.25. The third-order valence-electron chi connectivity index (χ3n) is 2.70. The molecular weight excluding hydrogens is 216 g/mol. The van der Waals surface area contributed by atoms with Gasteiger partial charge in [-0.05, 0) is 26.2 Å². The van der Waals surface area contributed by atoms with Gasteiger partial charge in [0.15, 0.2) is 0 Å². The van der Waals surface area contributed by atoms with Crippen LogP contribution in [0.1, 0.15) is 31.4 Å². The van der Waals surface area contributed by atoms with Crippen molar-refractivity contribution in [3.05, 3.63) is 18.1 Å². The van der Waals surface area contributed by atoms with E-state index < -0.39 is 0 Å². The monoisotopic (exact) mass is 234 g/mol. The second kappa shape index (κ2) is 5.61. The number of anilines is 1. The van der Waals surface area contributed by atoms with Gasteiger partial charge in [0.25, 0.3) is 0 Å². The van der Waals surface area contributed by atoms with Crippen LogP contribution >= 0.6 is 0 Å². The number of nitrogens with one attached hydrogen (secondary N) is 2. The smallest absolute Gasteiger partial charge is 0.220 e. The van der Waals surface area contributed by atoms with E-state index in [9.17, 15) is 4.79 Å². The average molecular weight is 234 g/mol. The summed E-state index contributed by atoms with van der Waals surface area (Å²) in [6.07, 6.45) is 7.00. The molecule has 0 saturated heterocycles. The average Bonchev–Trinajstić information content (AvgIpc) is 3.10. The number of hydrogen-bond donors (Lipinski definition) is 2. The van der Waals surface area contributed by atoms with E-state index >= 15 is 0 Å². The molecule has 0 radical (unpaired) electrons. The van der Waals surface area contributed by atoms with Crippen molar-refractivity contribution in [2.75, 3.05) is 11.9 Å². The third-order valence-corrected chi connectivity index (χ3v) is 2.70. The van der Waals surface area contributed by atoms with Gasteiger partial charge in [0.1, 0.15) is 5.82 Å². The number of aromatic nitrogens is 2. The molecular formula is C12H18N4O. The Morgan fingerprint density at radius 3 is 2.88 bits per heavy atom. The molecule has 0 atom stereocenters. The van der Waals surface area contributed by atoms with E-state index in [1.807, 2.05) is 6.92 Å². The number of aryl methyl sites for hydroxylation is 1. The highest BCUT2D eigenvalue weighted by molar-refractivity contribution is 5.76. The summed E-state index contributed by atoms with van der Waals surface area (Å²) in [6, 6.07) is 0.456. The van der Waals surface area contributed by atoms with Crippen LogP contribution < -0.4 is 10.6 Å². The lowest BCUT2D eigenvalue weighted by atomic mass is 10.3.